The van der Waals surface area contributed by atoms with Gasteiger partial charge >= 0.3 is 0 Å². The summed E-state index contributed by atoms with van der Waals surface area (Å²) in [7, 11) is -4.30. The molecule has 1 aliphatic heterocycles. The van der Waals surface area contributed by atoms with Gasteiger partial charge < -0.3 is 9.64 Å². The maximum Gasteiger partial charge on any atom is 0.268 e. The van der Waals surface area contributed by atoms with Crippen molar-refractivity contribution in [2.24, 2.45) is 11.3 Å². The average molecular weight is 549 g/mol. The van der Waals surface area contributed by atoms with E-state index >= 15 is 0 Å². The summed E-state index contributed by atoms with van der Waals surface area (Å²) in [5.41, 5.74) is -0.0292. The van der Waals surface area contributed by atoms with Gasteiger partial charge in [0.25, 0.3) is 15.9 Å². The first-order chi connectivity index (χ1) is 18.4. The van der Waals surface area contributed by atoms with Gasteiger partial charge in [-0.2, -0.15) is 5.26 Å². The number of nitrogens with zero attached hydrogens (tertiary/aromatic N) is 5. The molecule has 3 aromatic rings. The second kappa shape index (κ2) is 9.68. The Morgan fingerprint density at radius 3 is 2.59 bits per heavy atom. The first-order valence-corrected chi connectivity index (χ1v) is 14.4. The summed E-state index contributed by atoms with van der Waals surface area (Å²) < 4.78 is 35.8. The summed E-state index contributed by atoms with van der Waals surface area (Å²) in [6.07, 6.45) is 4.91. The molecule has 1 aromatic carbocycles. The van der Waals surface area contributed by atoms with E-state index < -0.39 is 15.9 Å². The third-order valence-electron chi connectivity index (χ3n) is 7.43. The van der Waals surface area contributed by atoms with E-state index in [1.165, 1.54) is 18.2 Å². The number of carbonyl (C=O) groups excluding carboxylic acids is 1. The molecule has 39 heavy (non-hydrogen) atoms. The number of rotatable bonds is 8. The fourth-order valence-electron chi connectivity index (χ4n) is 5.05. The van der Waals surface area contributed by atoms with Crippen molar-refractivity contribution in [2.45, 2.75) is 57.4 Å². The smallest absolute Gasteiger partial charge is 0.268 e. The SMILES string of the molecule is C[C@@H]1CN(c2nc(-n3ccc(OCC4(C)CC4)n3)ccc2C(=O)NS(=O)(=O)c2ccccc2C#N)C(C)(C)C1. The van der Waals surface area contributed by atoms with E-state index in [9.17, 15) is 18.5 Å². The van der Waals surface area contributed by atoms with Crippen LogP contribution in [0.5, 0.6) is 5.88 Å². The zero-order valence-corrected chi connectivity index (χ0v) is 23.3. The Balaban J connectivity index is 1.49. The van der Waals surface area contributed by atoms with Crippen LogP contribution in [0, 0.1) is 22.7 Å². The van der Waals surface area contributed by atoms with E-state index in [0.717, 1.165) is 19.3 Å². The summed E-state index contributed by atoms with van der Waals surface area (Å²) >= 11 is 0. The predicted molar refractivity (Wildman–Crippen MR) is 145 cm³/mol. The van der Waals surface area contributed by atoms with Crippen LogP contribution >= 0.6 is 0 Å². The number of anilines is 1. The van der Waals surface area contributed by atoms with Crippen LogP contribution in [0.25, 0.3) is 5.82 Å². The first-order valence-electron chi connectivity index (χ1n) is 12.9. The zero-order valence-electron chi connectivity index (χ0n) is 22.5. The van der Waals surface area contributed by atoms with E-state index in [0.29, 0.717) is 36.6 Å². The minimum absolute atomic E-state index is 0.0478. The third kappa shape index (κ3) is 5.47. The predicted octanol–water partition coefficient (Wildman–Crippen LogP) is 4.06. The second-order valence-electron chi connectivity index (χ2n) is 11.5. The molecule has 2 fully saturated rings. The van der Waals surface area contributed by atoms with Gasteiger partial charge in [0.15, 0.2) is 5.82 Å². The number of aromatic nitrogens is 3. The standard InChI is InChI=1S/C28H32N6O4S/c1-19-15-27(2,3)33(17-19)25-21(26(35)32-39(36,37)22-8-6-5-7-20(22)16-29)9-10-23(30-25)34-14-11-24(31-34)38-18-28(4)12-13-28/h5-11,14,19H,12-13,15,17-18H2,1-4H3,(H,32,35)/t19-/m0/s1. The zero-order chi connectivity index (χ0) is 28.0. The molecule has 5 rings (SSSR count). The van der Waals surface area contributed by atoms with Crippen LogP contribution in [0.15, 0.2) is 53.6 Å². The van der Waals surface area contributed by atoms with E-state index in [1.54, 1.807) is 35.1 Å². The Hall–Kier alpha value is -3.91. The van der Waals surface area contributed by atoms with Crippen molar-refractivity contribution in [2.75, 3.05) is 18.1 Å². The Bertz CT molecular complexity index is 1570. The van der Waals surface area contributed by atoms with Crippen LogP contribution in [0.2, 0.25) is 0 Å². The van der Waals surface area contributed by atoms with Crippen LogP contribution in [-0.2, 0) is 10.0 Å². The summed E-state index contributed by atoms with van der Waals surface area (Å²) in [6.45, 7) is 9.71. The fourth-order valence-corrected chi connectivity index (χ4v) is 6.18. The Morgan fingerprint density at radius 2 is 1.92 bits per heavy atom. The minimum Gasteiger partial charge on any atom is -0.476 e. The van der Waals surface area contributed by atoms with Gasteiger partial charge in [0, 0.05) is 29.8 Å². The molecule has 2 aliphatic rings. The van der Waals surface area contributed by atoms with Crippen molar-refractivity contribution in [3.8, 4) is 17.8 Å². The molecule has 204 valence electrons. The van der Waals surface area contributed by atoms with Crippen LogP contribution in [-0.4, -0.2) is 47.8 Å². The van der Waals surface area contributed by atoms with Gasteiger partial charge in [-0.25, -0.2) is 22.8 Å². The molecule has 1 aliphatic carbocycles. The van der Waals surface area contributed by atoms with Gasteiger partial charge in [0.05, 0.1) is 17.7 Å². The maximum atomic E-state index is 13.5. The first kappa shape index (κ1) is 26.7. The van der Waals surface area contributed by atoms with Crippen LogP contribution in [0.4, 0.5) is 5.82 Å². The highest BCUT2D eigenvalue weighted by molar-refractivity contribution is 7.90. The lowest BCUT2D eigenvalue weighted by Crippen LogP contribution is -2.41. The third-order valence-corrected chi connectivity index (χ3v) is 8.82. The van der Waals surface area contributed by atoms with E-state index in [2.05, 4.69) is 37.5 Å². The molecular formula is C28H32N6O4S. The maximum absolute atomic E-state index is 13.5. The molecule has 3 heterocycles. The number of nitriles is 1. The highest BCUT2D eigenvalue weighted by atomic mass is 32.2. The second-order valence-corrected chi connectivity index (χ2v) is 13.2. The van der Waals surface area contributed by atoms with Crippen LogP contribution in [0.3, 0.4) is 0 Å². The highest BCUT2D eigenvalue weighted by Crippen LogP contribution is 2.45. The van der Waals surface area contributed by atoms with Gasteiger partial charge in [0.2, 0.25) is 5.88 Å². The minimum atomic E-state index is -4.30. The van der Waals surface area contributed by atoms with Crippen molar-refractivity contribution >= 4 is 21.7 Å². The summed E-state index contributed by atoms with van der Waals surface area (Å²) in [5.74, 6) is 0.856. The molecule has 1 amide bonds. The van der Waals surface area contributed by atoms with Crippen LogP contribution < -0.4 is 14.4 Å². The topological polar surface area (TPSA) is 130 Å². The number of hydrogen-bond donors (Lipinski definition) is 1. The number of hydrogen-bond acceptors (Lipinski definition) is 8. The van der Waals surface area contributed by atoms with Gasteiger partial charge in [-0.15, -0.1) is 5.10 Å². The Morgan fingerprint density at radius 1 is 1.18 bits per heavy atom. The molecule has 1 saturated heterocycles. The van der Waals surface area contributed by atoms with Crippen molar-refractivity contribution in [1.29, 1.82) is 5.26 Å². The normalized spacial score (nSPS) is 19.4. The lowest BCUT2D eigenvalue weighted by molar-refractivity contribution is 0.0981. The van der Waals surface area contributed by atoms with Crippen molar-refractivity contribution in [1.82, 2.24) is 19.5 Å². The van der Waals surface area contributed by atoms with Crippen molar-refractivity contribution < 1.29 is 17.9 Å². The average Bonchev–Trinajstić information content (AvgIpc) is 3.31. The van der Waals surface area contributed by atoms with Crippen LogP contribution in [0.1, 0.15) is 62.9 Å². The summed E-state index contributed by atoms with van der Waals surface area (Å²) in [5, 5.41) is 13.9. The van der Waals surface area contributed by atoms with Gasteiger partial charge in [-0.3, -0.25) is 4.79 Å². The number of sulfonamides is 1. The number of carbonyl (C=O) groups is 1. The van der Waals surface area contributed by atoms with Crippen molar-refractivity contribution in [3.63, 3.8) is 0 Å². The molecule has 1 saturated carbocycles. The monoisotopic (exact) mass is 548 g/mol. The Kier molecular flexibility index (Phi) is 6.63. The number of benzene rings is 1. The van der Waals surface area contributed by atoms with Crippen molar-refractivity contribution in [3.05, 3.63) is 59.8 Å². The Labute approximate surface area is 228 Å². The molecular weight excluding hydrogens is 516 g/mol. The molecule has 1 N–H and O–H groups in total. The fraction of sp³-hybridized carbons (Fsp3) is 0.429. The quantitative estimate of drug-likeness (QED) is 0.446. The summed E-state index contributed by atoms with van der Waals surface area (Å²) in [4.78, 5) is 20.1. The lowest BCUT2D eigenvalue weighted by Gasteiger charge is -2.34. The van der Waals surface area contributed by atoms with Gasteiger partial charge in [-0.1, -0.05) is 26.0 Å². The number of ether oxygens (including phenoxy) is 1. The molecule has 0 spiro atoms. The largest absolute Gasteiger partial charge is 0.476 e. The van der Waals surface area contributed by atoms with E-state index in [1.807, 2.05) is 11.0 Å². The molecule has 11 heteroatoms. The molecule has 0 radical (unpaired) electrons. The van der Waals surface area contributed by atoms with Gasteiger partial charge in [0.1, 0.15) is 16.8 Å². The lowest BCUT2D eigenvalue weighted by atomic mass is 9.97. The summed E-state index contributed by atoms with van der Waals surface area (Å²) in [6, 6.07) is 12.6. The molecule has 2 aromatic heterocycles. The van der Waals surface area contributed by atoms with Gasteiger partial charge in [-0.05, 0) is 63.3 Å². The number of pyridine rings is 1. The number of nitrogens with one attached hydrogen (secondary N) is 1. The van der Waals surface area contributed by atoms with E-state index in [4.69, 9.17) is 9.72 Å². The highest BCUT2D eigenvalue weighted by Gasteiger charge is 2.40. The van der Waals surface area contributed by atoms with E-state index in [-0.39, 0.29) is 27.0 Å². The number of amides is 1. The molecule has 0 unspecified atom stereocenters. The molecule has 10 nitrogen and oxygen atoms in total. The molecule has 0 bridgehead atoms. The molecule has 1 atom stereocenters.